The zero-order chi connectivity index (χ0) is 21.3. The van der Waals surface area contributed by atoms with Gasteiger partial charge in [-0.2, -0.15) is 0 Å². The van der Waals surface area contributed by atoms with Crippen LogP contribution in [0.15, 0.2) is 24.3 Å². The number of thiophene rings is 1. The molecule has 0 N–H and O–H groups in total. The molecule has 8 heteroatoms. The van der Waals surface area contributed by atoms with Crippen LogP contribution in [0.3, 0.4) is 0 Å². The fourth-order valence-electron chi connectivity index (χ4n) is 3.82. The number of hydrogen-bond donors (Lipinski definition) is 0. The molecule has 158 valence electrons. The van der Waals surface area contributed by atoms with Crippen LogP contribution in [0.25, 0.3) is 10.2 Å². The molecule has 1 amide bonds. The molecule has 1 fully saturated rings. The van der Waals surface area contributed by atoms with Crippen molar-refractivity contribution in [3.8, 4) is 5.75 Å². The Morgan fingerprint density at radius 1 is 1.10 bits per heavy atom. The van der Waals surface area contributed by atoms with Gasteiger partial charge in [0.2, 0.25) is 0 Å². The van der Waals surface area contributed by atoms with Gasteiger partial charge in [-0.15, -0.1) is 11.3 Å². The Morgan fingerprint density at radius 3 is 2.50 bits per heavy atom. The lowest BCUT2D eigenvalue weighted by Crippen LogP contribution is -2.49. The van der Waals surface area contributed by atoms with E-state index in [9.17, 15) is 4.79 Å². The van der Waals surface area contributed by atoms with E-state index in [2.05, 4.69) is 14.9 Å². The van der Waals surface area contributed by atoms with Gasteiger partial charge in [-0.3, -0.25) is 9.69 Å². The average Bonchev–Trinajstić information content (AvgIpc) is 3.06. The molecule has 3 aromatic rings. The molecule has 0 spiro atoms. The van der Waals surface area contributed by atoms with Crippen molar-refractivity contribution in [2.45, 2.75) is 20.8 Å². The fourth-order valence-corrected chi connectivity index (χ4v) is 5.19. The number of carbonyl (C=O) groups excluding carboxylic acids is 1. The molecular formula is C22H25ClN4O2S. The minimum Gasteiger partial charge on any atom is -0.492 e. The van der Waals surface area contributed by atoms with Crippen molar-refractivity contribution in [3.05, 3.63) is 51.2 Å². The predicted molar refractivity (Wildman–Crippen MR) is 121 cm³/mol. The summed E-state index contributed by atoms with van der Waals surface area (Å²) in [6.07, 6.45) is 0. The Hall–Kier alpha value is -2.22. The summed E-state index contributed by atoms with van der Waals surface area (Å²) in [5, 5.41) is 1.72. The third-order valence-corrected chi connectivity index (χ3v) is 6.85. The van der Waals surface area contributed by atoms with Gasteiger partial charge >= 0.3 is 0 Å². The van der Waals surface area contributed by atoms with Gasteiger partial charge in [-0.1, -0.05) is 11.6 Å². The zero-order valence-corrected chi connectivity index (χ0v) is 19.0. The number of ether oxygens (including phenoxy) is 1. The van der Waals surface area contributed by atoms with Gasteiger partial charge in [0.15, 0.2) is 0 Å². The summed E-state index contributed by atoms with van der Waals surface area (Å²) < 4.78 is 5.79. The third-order valence-electron chi connectivity index (χ3n) is 5.43. The molecule has 1 aromatic carbocycles. The average molecular weight is 445 g/mol. The molecular weight excluding hydrogens is 420 g/mol. The second-order valence-corrected chi connectivity index (χ2v) is 8.96. The fraction of sp³-hybridized carbons (Fsp3) is 0.409. The Kier molecular flexibility index (Phi) is 6.22. The number of halogens is 1. The Balaban J connectivity index is 1.33. The normalized spacial score (nSPS) is 15.0. The number of hydrogen-bond acceptors (Lipinski definition) is 6. The van der Waals surface area contributed by atoms with E-state index in [1.807, 2.05) is 49.9 Å². The highest BCUT2D eigenvalue weighted by Crippen LogP contribution is 2.32. The number of piperazine rings is 1. The van der Waals surface area contributed by atoms with E-state index in [0.29, 0.717) is 11.6 Å². The highest BCUT2D eigenvalue weighted by molar-refractivity contribution is 7.20. The maximum absolute atomic E-state index is 13.2. The summed E-state index contributed by atoms with van der Waals surface area (Å²) in [6, 6.07) is 7.40. The first kappa shape index (κ1) is 21.0. The molecule has 0 atom stereocenters. The molecule has 6 nitrogen and oxygen atoms in total. The van der Waals surface area contributed by atoms with Crippen LogP contribution in [0.2, 0.25) is 5.02 Å². The second-order valence-electron chi connectivity index (χ2n) is 7.53. The van der Waals surface area contributed by atoms with Crippen LogP contribution in [-0.2, 0) is 0 Å². The van der Waals surface area contributed by atoms with Crippen molar-refractivity contribution in [3.63, 3.8) is 0 Å². The lowest BCUT2D eigenvalue weighted by Gasteiger charge is -2.34. The van der Waals surface area contributed by atoms with Crippen LogP contribution in [0.4, 0.5) is 0 Å². The molecule has 3 heterocycles. The van der Waals surface area contributed by atoms with E-state index in [1.54, 1.807) is 0 Å². The van der Waals surface area contributed by atoms with Crippen molar-refractivity contribution in [2.24, 2.45) is 0 Å². The summed E-state index contributed by atoms with van der Waals surface area (Å²) >= 11 is 7.38. The first-order valence-electron chi connectivity index (χ1n) is 10.1. The Labute approximate surface area is 185 Å². The van der Waals surface area contributed by atoms with Crippen molar-refractivity contribution in [2.75, 3.05) is 39.3 Å². The van der Waals surface area contributed by atoms with Gasteiger partial charge in [-0.05, 0) is 50.6 Å². The monoisotopic (exact) mass is 444 g/mol. The van der Waals surface area contributed by atoms with Crippen LogP contribution in [0, 0.1) is 20.8 Å². The van der Waals surface area contributed by atoms with Crippen molar-refractivity contribution < 1.29 is 9.53 Å². The van der Waals surface area contributed by atoms with Crippen LogP contribution in [-0.4, -0.2) is 65.0 Å². The van der Waals surface area contributed by atoms with E-state index in [0.717, 1.165) is 70.6 Å². The van der Waals surface area contributed by atoms with E-state index < -0.39 is 0 Å². The molecule has 0 saturated carbocycles. The number of fused-ring (bicyclic) bond motifs is 1. The summed E-state index contributed by atoms with van der Waals surface area (Å²) in [6.45, 7) is 10.4. The van der Waals surface area contributed by atoms with Crippen molar-refractivity contribution in [1.29, 1.82) is 0 Å². The highest BCUT2D eigenvalue weighted by Gasteiger charge is 2.26. The largest absolute Gasteiger partial charge is 0.492 e. The number of aromatic nitrogens is 2. The Bertz CT molecular complexity index is 1060. The number of carbonyl (C=O) groups is 1. The minimum atomic E-state index is 0.101. The minimum absolute atomic E-state index is 0.101. The second kappa shape index (κ2) is 8.88. The maximum Gasteiger partial charge on any atom is 0.264 e. The van der Waals surface area contributed by atoms with Gasteiger partial charge in [0.1, 0.15) is 23.0 Å². The van der Waals surface area contributed by atoms with Gasteiger partial charge in [-0.25, -0.2) is 9.97 Å². The topological polar surface area (TPSA) is 58.6 Å². The predicted octanol–water partition coefficient (Wildman–Crippen LogP) is 4.11. The van der Waals surface area contributed by atoms with E-state index >= 15 is 0 Å². The number of aryl methyl sites for hydroxylation is 3. The molecule has 0 unspecified atom stereocenters. The number of rotatable bonds is 5. The third kappa shape index (κ3) is 4.43. The summed E-state index contributed by atoms with van der Waals surface area (Å²) in [4.78, 5) is 28.1. The smallest absolute Gasteiger partial charge is 0.264 e. The summed E-state index contributed by atoms with van der Waals surface area (Å²) in [7, 11) is 0. The quantitative estimate of drug-likeness (QED) is 0.592. The number of nitrogens with zero attached hydrogens (tertiary/aromatic N) is 4. The Morgan fingerprint density at radius 2 is 1.80 bits per heavy atom. The molecule has 1 saturated heterocycles. The van der Waals surface area contributed by atoms with Crippen LogP contribution < -0.4 is 4.74 Å². The molecule has 1 aliphatic rings. The number of benzene rings is 1. The maximum atomic E-state index is 13.2. The zero-order valence-electron chi connectivity index (χ0n) is 17.4. The van der Waals surface area contributed by atoms with Crippen LogP contribution >= 0.6 is 22.9 Å². The lowest BCUT2D eigenvalue weighted by atomic mass is 10.1. The highest BCUT2D eigenvalue weighted by atomic mass is 35.5. The van der Waals surface area contributed by atoms with Gasteiger partial charge in [0, 0.05) is 48.8 Å². The van der Waals surface area contributed by atoms with Crippen LogP contribution in [0.5, 0.6) is 5.75 Å². The van der Waals surface area contributed by atoms with Crippen molar-refractivity contribution >= 4 is 39.1 Å². The first-order valence-corrected chi connectivity index (χ1v) is 11.3. The van der Waals surface area contributed by atoms with E-state index in [4.69, 9.17) is 16.3 Å². The molecule has 0 radical (unpaired) electrons. The van der Waals surface area contributed by atoms with Gasteiger partial charge in [0.05, 0.1) is 4.88 Å². The van der Waals surface area contributed by atoms with Crippen LogP contribution in [0.1, 0.15) is 26.8 Å². The summed E-state index contributed by atoms with van der Waals surface area (Å²) in [5.41, 5.74) is 1.94. The van der Waals surface area contributed by atoms with Crippen molar-refractivity contribution in [1.82, 2.24) is 19.8 Å². The lowest BCUT2D eigenvalue weighted by molar-refractivity contribution is 0.0624. The van der Waals surface area contributed by atoms with Gasteiger partial charge < -0.3 is 9.64 Å². The SMILES string of the molecule is Cc1nc(C)c2c(C)c(C(=O)N3CCN(CCOc4ccc(Cl)cc4)CC3)sc2n1. The van der Waals surface area contributed by atoms with E-state index in [1.165, 1.54) is 11.3 Å². The molecule has 2 aromatic heterocycles. The van der Waals surface area contributed by atoms with E-state index in [-0.39, 0.29) is 5.91 Å². The standard InChI is InChI=1S/C22H25ClN4O2S/c1-14-19-15(2)24-16(3)25-21(19)30-20(14)22(28)27-10-8-26(9-11-27)12-13-29-18-6-4-17(23)5-7-18/h4-7H,8-13H2,1-3H3. The van der Waals surface area contributed by atoms with Gasteiger partial charge in [0.25, 0.3) is 5.91 Å². The number of amides is 1. The molecule has 4 rings (SSSR count). The molecule has 1 aliphatic heterocycles. The molecule has 30 heavy (non-hydrogen) atoms. The summed E-state index contributed by atoms with van der Waals surface area (Å²) in [5.74, 6) is 1.67. The first-order chi connectivity index (χ1) is 14.4. The molecule has 0 bridgehead atoms. The molecule has 0 aliphatic carbocycles.